The van der Waals surface area contributed by atoms with Gasteiger partial charge in [0.2, 0.25) is 0 Å². The quantitative estimate of drug-likeness (QED) is 0.770. The number of hydrogen-bond acceptors (Lipinski definition) is 6. The Morgan fingerprint density at radius 2 is 2.00 bits per heavy atom. The minimum absolute atomic E-state index is 0.220. The van der Waals surface area contributed by atoms with Gasteiger partial charge in [0, 0.05) is 11.3 Å². The number of rotatable bonds is 4. The van der Waals surface area contributed by atoms with Crippen LogP contribution >= 0.6 is 0 Å². The van der Waals surface area contributed by atoms with Gasteiger partial charge in [0.25, 0.3) is 0 Å². The number of hydrogen-bond donors (Lipinski definition) is 2. The number of ether oxygens (including phenoxy) is 2. The van der Waals surface area contributed by atoms with Crippen molar-refractivity contribution in [3.63, 3.8) is 0 Å². The van der Waals surface area contributed by atoms with Gasteiger partial charge in [-0.15, -0.1) is 0 Å². The molecule has 0 bridgehead atoms. The Morgan fingerprint density at radius 3 is 2.63 bits per heavy atom. The lowest BCUT2D eigenvalue weighted by molar-refractivity contribution is -0.0549. The van der Waals surface area contributed by atoms with Crippen LogP contribution in [0.1, 0.15) is 18.6 Å². The molecule has 3 atom stereocenters. The summed E-state index contributed by atoms with van der Waals surface area (Å²) in [6.45, 7) is 1.49. The maximum Gasteiger partial charge on any atom is 0.333 e. The van der Waals surface area contributed by atoms with Crippen LogP contribution < -0.4 is 10.9 Å². The summed E-state index contributed by atoms with van der Waals surface area (Å²) >= 11 is 0. The molecular formula is C11H16N2O5S. The maximum absolute atomic E-state index is 10.8. The Morgan fingerprint density at radius 1 is 1.32 bits per heavy atom. The molecule has 0 aromatic heterocycles. The molecule has 0 amide bonds. The van der Waals surface area contributed by atoms with Crippen molar-refractivity contribution in [1.29, 1.82) is 0 Å². The highest BCUT2D eigenvalue weighted by molar-refractivity contribution is 7.84. The van der Waals surface area contributed by atoms with Gasteiger partial charge in [-0.05, 0) is 13.0 Å². The first kappa shape index (κ1) is 14.2. The molecule has 7 nitrogen and oxygen atoms in total. The van der Waals surface area contributed by atoms with Gasteiger partial charge in [0.05, 0.1) is 6.61 Å². The molecule has 4 N–H and O–H groups in total. The largest absolute Gasteiger partial charge is 0.398 e. The molecule has 0 aliphatic carbocycles. The predicted octanol–water partition coefficient (Wildman–Crippen LogP) is 0.291. The average Bonchev–Trinajstić information content (AvgIpc) is 2.67. The third-order valence-corrected chi connectivity index (χ3v) is 3.21. The molecule has 1 heterocycles. The highest BCUT2D eigenvalue weighted by Gasteiger charge is 2.36. The molecule has 106 valence electrons. The van der Waals surface area contributed by atoms with Crippen molar-refractivity contribution in [2.45, 2.75) is 25.4 Å². The molecule has 0 saturated carbocycles. The van der Waals surface area contributed by atoms with E-state index in [0.717, 1.165) is 5.56 Å². The van der Waals surface area contributed by atoms with E-state index in [2.05, 4.69) is 4.18 Å². The van der Waals surface area contributed by atoms with Gasteiger partial charge in [-0.3, -0.25) is 4.18 Å². The van der Waals surface area contributed by atoms with Gasteiger partial charge in [0.1, 0.15) is 12.2 Å². The fourth-order valence-corrected chi connectivity index (χ4v) is 2.30. The van der Waals surface area contributed by atoms with Crippen molar-refractivity contribution in [3.05, 3.63) is 29.8 Å². The smallest absolute Gasteiger partial charge is 0.333 e. The Kier molecular flexibility index (Phi) is 4.07. The zero-order valence-corrected chi connectivity index (χ0v) is 11.2. The van der Waals surface area contributed by atoms with E-state index in [-0.39, 0.29) is 6.61 Å². The lowest BCUT2D eigenvalue weighted by Gasteiger charge is -2.18. The van der Waals surface area contributed by atoms with E-state index in [1.54, 1.807) is 25.1 Å². The fourth-order valence-electron chi connectivity index (χ4n) is 1.98. The second kappa shape index (κ2) is 5.43. The lowest BCUT2D eigenvalue weighted by atomic mass is 10.0. The number of benzene rings is 1. The number of nitrogen functional groups attached to an aromatic ring is 1. The van der Waals surface area contributed by atoms with Crippen LogP contribution in [0.4, 0.5) is 5.69 Å². The fraction of sp³-hybridized carbons (Fsp3) is 0.455. The summed E-state index contributed by atoms with van der Waals surface area (Å²) in [6, 6.07) is 7.15. The molecule has 8 heteroatoms. The van der Waals surface area contributed by atoms with E-state index in [1.807, 2.05) is 6.07 Å². The van der Waals surface area contributed by atoms with E-state index in [0.29, 0.717) is 5.69 Å². The highest BCUT2D eigenvalue weighted by Crippen LogP contribution is 2.35. The van der Waals surface area contributed by atoms with E-state index in [4.69, 9.17) is 20.3 Å². The second-order valence-corrected chi connectivity index (χ2v) is 5.43. The van der Waals surface area contributed by atoms with Crippen LogP contribution in [0.15, 0.2) is 24.3 Å². The molecule has 1 aromatic rings. The molecule has 0 spiro atoms. The van der Waals surface area contributed by atoms with Gasteiger partial charge in [-0.25, -0.2) is 5.14 Å². The highest BCUT2D eigenvalue weighted by atomic mass is 32.2. The molecule has 1 aliphatic rings. The number of para-hydroxylation sites is 1. The average molecular weight is 288 g/mol. The molecule has 0 radical (unpaired) electrons. The van der Waals surface area contributed by atoms with E-state index >= 15 is 0 Å². The van der Waals surface area contributed by atoms with E-state index in [1.165, 1.54) is 0 Å². The Balaban J connectivity index is 2.16. The molecule has 1 aromatic carbocycles. The van der Waals surface area contributed by atoms with Crippen molar-refractivity contribution in [3.8, 4) is 0 Å². The monoisotopic (exact) mass is 288 g/mol. The van der Waals surface area contributed by atoms with E-state index in [9.17, 15) is 8.42 Å². The summed E-state index contributed by atoms with van der Waals surface area (Å²) in [7, 11) is -4.01. The predicted molar refractivity (Wildman–Crippen MR) is 68.1 cm³/mol. The van der Waals surface area contributed by atoms with Crippen LogP contribution in [-0.4, -0.2) is 27.4 Å². The second-order valence-electron chi connectivity index (χ2n) is 4.21. The van der Waals surface area contributed by atoms with Gasteiger partial charge in [-0.2, -0.15) is 8.42 Å². The Hall–Kier alpha value is -1.19. The Bertz CT molecular complexity index is 548. The molecule has 1 aliphatic heterocycles. The molecule has 2 rings (SSSR count). The Labute approximate surface area is 111 Å². The van der Waals surface area contributed by atoms with Crippen LogP contribution in [0.2, 0.25) is 0 Å². The maximum atomic E-state index is 10.8. The van der Waals surface area contributed by atoms with Crippen molar-refractivity contribution in [2.24, 2.45) is 5.14 Å². The minimum atomic E-state index is -4.01. The summed E-state index contributed by atoms with van der Waals surface area (Å²) in [5, 5.41) is 4.79. The zero-order chi connectivity index (χ0) is 14.0. The van der Waals surface area contributed by atoms with Crippen molar-refractivity contribution in [2.75, 3.05) is 12.3 Å². The summed E-state index contributed by atoms with van der Waals surface area (Å²) in [4.78, 5) is 0. The molecule has 19 heavy (non-hydrogen) atoms. The first-order chi connectivity index (χ1) is 8.87. The van der Waals surface area contributed by atoms with Crippen LogP contribution in [0.25, 0.3) is 0 Å². The third-order valence-electron chi connectivity index (χ3n) is 2.74. The number of anilines is 1. The SMILES string of the molecule is CC1O[C@@H](COS(N)(=O)=O)[C@H](c2ccccc2N)O1. The zero-order valence-electron chi connectivity index (χ0n) is 10.4. The molecular weight excluding hydrogens is 272 g/mol. The first-order valence-electron chi connectivity index (χ1n) is 5.69. The van der Waals surface area contributed by atoms with Gasteiger partial charge >= 0.3 is 10.3 Å². The number of nitrogens with two attached hydrogens (primary N) is 2. The summed E-state index contributed by atoms with van der Waals surface area (Å²) in [5.74, 6) is 0. The van der Waals surface area contributed by atoms with Crippen LogP contribution in [-0.2, 0) is 24.0 Å². The van der Waals surface area contributed by atoms with Gasteiger partial charge in [-0.1, -0.05) is 18.2 Å². The molecule has 1 fully saturated rings. The van der Waals surface area contributed by atoms with Crippen LogP contribution in [0, 0.1) is 0 Å². The third kappa shape index (κ3) is 3.64. The van der Waals surface area contributed by atoms with Crippen molar-refractivity contribution >= 4 is 16.0 Å². The minimum Gasteiger partial charge on any atom is -0.398 e. The molecule has 1 saturated heterocycles. The summed E-state index contributed by atoms with van der Waals surface area (Å²) < 4.78 is 37.2. The van der Waals surface area contributed by atoms with Crippen molar-refractivity contribution in [1.82, 2.24) is 0 Å². The van der Waals surface area contributed by atoms with Gasteiger partial charge in [0.15, 0.2) is 6.29 Å². The van der Waals surface area contributed by atoms with Crippen molar-refractivity contribution < 1.29 is 22.1 Å². The normalized spacial score (nSPS) is 27.6. The van der Waals surface area contributed by atoms with E-state index < -0.39 is 28.8 Å². The lowest BCUT2D eigenvalue weighted by Crippen LogP contribution is -2.27. The van der Waals surface area contributed by atoms with Crippen LogP contribution in [0.3, 0.4) is 0 Å². The van der Waals surface area contributed by atoms with Crippen LogP contribution in [0.5, 0.6) is 0 Å². The summed E-state index contributed by atoms with van der Waals surface area (Å²) in [5.41, 5.74) is 7.15. The van der Waals surface area contributed by atoms with Gasteiger partial charge < -0.3 is 15.2 Å². The summed E-state index contributed by atoms with van der Waals surface area (Å²) in [6.07, 6.45) is -1.55. The topological polar surface area (TPSA) is 114 Å². The standard InChI is InChI=1S/C11H16N2O5S/c1-7-17-10(6-16-19(13,14)15)11(18-7)8-4-2-3-5-9(8)12/h2-5,7,10-11H,6,12H2,1H3,(H2,13,14,15)/t7?,10-,11-/m0/s1. The first-order valence-corrected chi connectivity index (χ1v) is 7.16. The molecule has 1 unspecified atom stereocenters.